The molecule has 0 spiro atoms. The molecule has 3 rings (SSSR count). The molecule has 1 aliphatic rings. The van der Waals surface area contributed by atoms with Crippen molar-refractivity contribution in [2.75, 3.05) is 39.3 Å². The summed E-state index contributed by atoms with van der Waals surface area (Å²) in [5.41, 5.74) is 1.63. The highest BCUT2D eigenvalue weighted by Crippen LogP contribution is 2.34. The number of benzene rings is 2. The largest absolute Gasteiger partial charge is 0.494 e. The van der Waals surface area contributed by atoms with Crippen molar-refractivity contribution in [3.8, 4) is 17.2 Å². The maximum atomic E-state index is 13.0. The van der Waals surface area contributed by atoms with Crippen LogP contribution in [0, 0.1) is 5.92 Å². The molecule has 7 heteroatoms. The molecule has 0 radical (unpaired) electrons. The molecule has 0 aromatic heterocycles. The summed E-state index contributed by atoms with van der Waals surface area (Å²) in [6.45, 7) is 3.26. The molecule has 2 amide bonds. The molecule has 0 aliphatic carbocycles. The third kappa shape index (κ3) is 4.50. The molecule has 2 aromatic rings. The van der Waals surface area contributed by atoms with Crippen molar-refractivity contribution in [2.24, 2.45) is 5.92 Å². The molecular weight excluding hydrogens is 384 g/mol. The van der Waals surface area contributed by atoms with E-state index in [4.69, 9.17) is 14.2 Å². The van der Waals surface area contributed by atoms with Crippen molar-refractivity contribution in [3.63, 3.8) is 0 Å². The highest BCUT2D eigenvalue weighted by Gasteiger charge is 2.36. The third-order valence-electron chi connectivity index (χ3n) is 5.21. The Balaban J connectivity index is 1.70. The van der Waals surface area contributed by atoms with E-state index in [-0.39, 0.29) is 18.2 Å². The molecule has 0 saturated carbocycles. The van der Waals surface area contributed by atoms with Gasteiger partial charge in [0.05, 0.1) is 26.7 Å². The quantitative estimate of drug-likeness (QED) is 0.666. The van der Waals surface area contributed by atoms with Crippen LogP contribution < -0.4 is 19.1 Å². The molecule has 2 aromatic carbocycles. The Morgan fingerprint density at radius 3 is 2.53 bits per heavy atom. The van der Waals surface area contributed by atoms with E-state index in [1.165, 1.54) is 0 Å². The minimum absolute atomic E-state index is 0.0578. The lowest BCUT2D eigenvalue weighted by Crippen LogP contribution is -2.34. The Kier molecular flexibility index (Phi) is 6.82. The second-order valence-corrected chi connectivity index (χ2v) is 7.18. The number of nitrogens with zero attached hydrogens (tertiary/aromatic N) is 2. The number of rotatable bonds is 8. The second-order valence-electron chi connectivity index (χ2n) is 7.18. The van der Waals surface area contributed by atoms with Crippen LogP contribution in [0.15, 0.2) is 42.5 Å². The van der Waals surface area contributed by atoms with Crippen LogP contribution in [0.5, 0.6) is 17.2 Å². The average molecular weight is 412 g/mol. The molecule has 1 unspecified atom stereocenters. The van der Waals surface area contributed by atoms with Gasteiger partial charge in [0.25, 0.3) is 0 Å². The zero-order chi connectivity index (χ0) is 21.7. The summed E-state index contributed by atoms with van der Waals surface area (Å²) in [5, 5.41) is 0. The van der Waals surface area contributed by atoms with Crippen molar-refractivity contribution >= 4 is 17.5 Å². The van der Waals surface area contributed by atoms with Gasteiger partial charge < -0.3 is 24.0 Å². The van der Waals surface area contributed by atoms with Gasteiger partial charge in [-0.1, -0.05) is 18.2 Å². The van der Waals surface area contributed by atoms with Gasteiger partial charge in [-0.05, 0) is 25.1 Å². The van der Waals surface area contributed by atoms with Gasteiger partial charge in [0.15, 0.2) is 11.5 Å². The van der Waals surface area contributed by atoms with E-state index in [0.29, 0.717) is 36.9 Å². The highest BCUT2D eigenvalue weighted by molar-refractivity contribution is 6.00. The van der Waals surface area contributed by atoms with Gasteiger partial charge >= 0.3 is 0 Å². The third-order valence-corrected chi connectivity index (χ3v) is 5.21. The number of anilines is 1. The van der Waals surface area contributed by atoms with Crippen LogP contribution in [-0.2, 0) is 16.1 Å². The van der Waals surface area contributed by atoms with E-state index in [2.05, 4.69) is 0 Å². The maximum Gasteiger partial charge on any atom is 0.228 e. The Morgan fingerprint density at radius 1 is 1.10 bits per heavy atom. The standard InChI is InChI=1S/C23H28N2O5/c1-5-30-19-9-7-6-8-16(19)14-24(2)23(27)17-12-22(26)25(15-17)18-10-11-20(28-3)21(13-18)29-4/h6-11,13,17H,5,12,14-15H2,1-4H3. The van der Waals surface area contributed by atoms with Crippen molar-refractivity contribution < 1.29 is 23.8 Å². The van der Waals surface area contributed by atoms with Crippen molar-refractivity contribution in [3.05, 3.63) is 48.0 Å². The molecule has 7 nitrogen and oxygen atoms in total. The smallest absolute Gasteiger partial charge is 0.228 e. The first-order valence-corrected chi connectivity index (χ1v) is 9.96. The zero-order valence-corrected chi connectivity index (χ0v) is 17.9. The molecule has 1 aliphatic heterocycles. The van der Waals surface area contributed by atoms with Crippen LogP contribution in [0.2, 0.25) is 0 Å². The number of methoxy groups -OCH3 is 2. The van der Waals surface area contributed by atoms with E-state index in [0.717, 1.165) is 11.3 Å². The lowest BCUT2D eigenvalue weighted by atomic mass is 10.1. The van der Waals surface area contributed by atoms with Crippen LogP contribution in [-0.4, -0.2) is 51.1 Å². The van der Waals surface area contributed by atoms with Gasteiger partial charge in [-0.3, -0.25) is 9.59 Å². The number of hydrogen-bond acceptors (Lipinski definition) is 5. The van der Waals surface area contributed by atoms with Gasteiger partial charge in [0.2, 0.25) is 11.8 Å². The highest BCUT2D eigenvalue weighted by atomic mass is 16.5. The summed E-state index contributed by atoms with van der Waals surface area (Å²) in [4.78, 5) is 28.9. The van der Waals surface area contributed by atoms with Crippen LogP contribution in [0.3, 0.4) is 0 Å². The van der Waals surface area contributed by atoms with E-state index >= 15 is 0 Å². The summed E-state index contributed by atoms with van der Waals surface area (Å²) in [6, 6.07) is 13.0. The normalized spacial score (nSPS) is 15.8. The number of hydrogen-bond donors (Lipinski definition) is 0. The first kappa shape index (κ1) is 21.5. The van der Waals surface area contributed by atoms with E-state index in [1.807, 2.05) is 31.2 Å². The molecule has 30 heavy (non-hydrogen) atoms. The van der Waals surface area contributed by atoms with Gasteiger partial charge in [-0.15, -0.1) is 0 Å². The average Bonchev–Trinajstić information content (AvgIpc) is 3.15. The number of ether oxygens (including phenoxy) is 3. The van der Waals surface area contributed by atoms with Crippen LogP contribution in [0.1, 0.15) is 18.9 Å². The Bertz CT molecular complexity index is 914. The van der Waals surface area contributed by atoms with Crippen LogP contribution in [0.4, 0.5) is 5.69 Å². The van der Waals surface area contributed by atoms with Crippen molar-refractivity contribution in [2.45, 2.75) is 19.9 Å². The number of carbonyl (C=O) groups is 2. The fraction of sp³-hybridized carbons (Fsp3) is 0.391. The Labute approximate surface area is 177 Å². The van der Waals surface area contributed by atoms with E-state index in [1.54, 1.807) is 49.3 Å². The van der Waals surface area contributed by atoms with E-state index < -0.39 is 5.92 Å². The first-order chi connectivity index (χ1) is 14.5. The molecule has 1 atom stereocenters. The summed E-state index contributed by atoms with van der Waals surface area (Å²) < 4.78 is 16.2. The number of carbonyl (C=O) groups excluding carboxylic acids is 2. The molecule has 0 N–H and O–H groups in total. The number of para-hydroxylation sites is 1. The lowest BCUT2D eigenvalue weighted by molar-refractivity contribution is -0.135. The van der Waals surface area contributed by atoms with E-state index in [9.17, 15) is 9.59 Å². The SMILES string of the molecule is CCOc1ccccc1CN(C)C(=O)C1CC(=O)N(c2ccc(OC)c(OC)c2)C1. The minimum atomic E-state index is -0.394. The monoisotopic (exact) mass is 412 g/mol. The fourth-order valence-electron chi connectivity index (χ4n) is 3.69. The predicted octanol–water partition coefficient (Wildman–Crippen LogP) is 3.11. The lowest BCUT2D eigenvalue weighted by Gasteiger charge is -2.23. The summed E-state index contributed by atoms with van der Waals surface area (Å²) in [6.07, 6.45) is 0.185. The second kappa shape index (κ2) is 9.52. The predicted molar refractivity (Wildman–Crippen MR) is 114 cm³/mol. The van der Waals surface area contributed by atoms with Crippen molar-refractivity contribution in [1.29, 1.82) is 0 Å². The topological polar surface area (TPSA) is 68.3 Å². The van der Waals surface area contributed by atoms with Gasteiger partial charge in [-0.25, -0.2) is 0 Å². The molecule has 160 valence electrons. The summed E-state index contributed by atoms with van der Waals surface area (Å²) in [7, 11) is 4.87. The molecule has 1 heterocycles. The van der Waals surface area contributed by atoms with Gasteiger partial charge in [0.1, 0.15) is 5.75 Å². The summed E-state index contributed by atoms with van der Waals surface area (Å²) in [5.74, 6) is 1.38. The maximum absolute atomic E-state index is 13.0. The first-order valence-electron chi connectivity index (χ1n) is 9.96. The summed E-state index contributed by atoms with van der Waals surface area (Å²) >= 11 is 0. The minimum Gasteiger partial charge on any atom is -0.494 e. The Hall–Kier alpha value is -3.22. The molecular formula is C23H28N2O5. The fourth-order valence-corrected chi connectivity index (χ4v) is 3.69. The van der Waals surface area contributed by atoms with Crippen molar-refractivity contribution in [1.82, 2.24) is 4.90 Å². The molecule has 0 bridgehead atoms. The zero-order valence-electron chi connectivity index (χ0n) is 17.9. The molecule has 1 saturated heterocycles. The molecule has 1 fully saturated rings. The van der Waals surface area contributed by atoms with Crippen LogP contribution >= 0.6 is 0 Å². The van der Waals surface area contributed by atoms with Gasteiger partial charge in [0, 0.05) is 43.9 Å². The number of amides is 2. The Morgan fingerprint density at radius 2 is 1.83 bits per heavy atom. The van der Waals surface area contributed by atoms with Gasteiger partial charge in [-0.2, -0.15) is 0 Å². The van der Waals surface area contributed by atoms with Crippen LogP contribution in [0.25, 0.3) is 0 Å².